The number of aromatic nitrogens is 1. The molecule has 0 atom stereocenters. The molecule has 28 heavy (non-hydrogen) atoms. The fraction of sp³-hybridized carbons (Fsp3) is 0.273. The summed E-state index contributed by atoms with van der Waals surface area (Å²) in [6, 6.07) is 15.1. The van der Waals surface area contributed by atoms with Gasteiger partial charge >= 0.3 is 6.09 Å². The molecule has 1 aromatic heterocycles. The van der Waals surface area contributed by atoms with Gasteiger partial charge in [-0.25, -0.2) is 4.79 Å². The molecule has 146 valence electrons. The molecule has 0 bridgehead atoms. The lowest BCUT2D eigenvalue weighted by molar-refractivity contribution is 0.187. The van der Waals surface area contributed by atoms with Crippen molar-refractivity contribution in [1.29, 1.82) is 0 Å². The molecule has 1 heterocycles. The molecule has 0 saturated carbocycles. The van der Waals surface area contributed by atoms with Crippen LogP contribution in [0, 0.1) is 5.92 Å². The first-order valence-corrected chi connectivity index (χ1v) is 9.26. The number of nitrogens with two attached hydrogens (primary N) is 1. The van der Waals surface area contributed by atoms with Crippen molar-refractivity contribution < 1.29 is 9.53 Å². The van der Waals surface area contributed by atoms with Crippen LogP contribution in [0.5, 0.6) is 0 Å². The van der Waals surface area contributed by atoms with Crippen LogP contribution in [0.4, 0.5) is 10.5 Å². The van der Waals surface area contributed by atoms with E-state index < -0.39 is 6.09 Å². The molecule has 3 N–H and O–H groups in total. The van der Waals surface area contributed by atoms with Crippen LogP contribution in [0.2, 0.25) is 0 Å². The third-order valence-electron chi connectivity index (χ3n) is 4.61. The second kappa shape index (κ2) is 8.27. The summed E-state index contributed by atoms with van der Waals surface area (Å²) in [4.78, 5) is 24.8. The number of nitrogens with one attached hydrogen (secondary N) is 1. The van der Waals surface area contributed by atoms with Crippen molar-refractivity contribution in [2.24, 2.45) is 11.7 Å². The molecule has 0 spiro atoms. The first-order valence-electron chi connectivity index (χ1n) is 9.26. The molecular weight excluding hydrogens is 354 g/mol. The van der Waals surface area contributed by atoms with E-state index in [0.29, 0.717) is 23.5 Å². The lowest BCUT2D eigenvalue weighted by atomic mass is 9.96. The number of hydrogen-bond donors (Lipinski definition) is 2. The summed E-state index contributed by atoms with van der Waals surface area (Å²) in [5, 5.41) is 4.01. The lowest BCUT2D eigenvalue weighted by Gasteiger charge is -2.21. The Bertz CT molecular complexity index is 1060. The van der Waals surface area contributed by atoms with Gasteiger partial charge in [-0.2, -0.15) is 0 Å². The number of carbonyl (C=O) groups excluding carboxylic acids is 1. The molecule has 3 aromatic rings. The van der Waals surface area contributed by atoms with Crippen molar-refractivity contribution in [2.75, 3.05) is 12.4 Å². The second-order valence-corrected chi connectivity index (χ2v) is 7.08. The molecular formula is C22H25N3O3. The summed E-state index contributed by atoms with van der Waals surface area (Å²) in [5.41, 5.74) is 9.26. The molecule has 6 heteroatoms. The van der Waals surface area contributed by atoms with Gasteiger partial charge in [0, 0.05) is 35.4 Å². The first-order chi connectivity index (χ1) is 13.5. The van der Waals surface area contributed by atoms with Crippen molar-refractivity contribution >= 4 is 22.6 Å². The number of nitrogens with zero attached hydrogens (tertiary/aromatic N) is 1. The minimum absolute atomic E-state index is 0.0755. The Balaban J connectivity index is 2.38. The van der Waals surface area contributed by atoms with Crippen molar-refractivity contribution in [3.8, 4) is 11.1 Å². The number of fused-ring (bicyclic) bond motifs is 1. The van der Waals surface area contributed by atoms with Crippen LogP contribution in [-0.4, -0.2) is 17.8 Å². The zero-order valence-electron chi connectivity index (χ0n) is 16.4. The summed E-state index contributed by atoms with van der Waals surface area (Å²) in [6.07, 6.45) is -0.562. The average molecular weight is 379 g/mol. The number of hydrogen-bond acceptors (Lipinski definition) is 4. The molecule has 0 saturated heterocycles. The molecule has 0 radical (unpaired) electrons. The molecule has 0 fully saturated rings. The van der Waals surface area contributed by atoms with E-state index in [2.05, 4.69) is 23.9 Å². The minimum Gasteiger partial charge on any atom is -0.453 e. The van der Waals surface area contributed by atoms with Crippen LogP contribution in [-0.2, 0) is 17.8 Å². The van der Waals surface area contributed by atoms with E-state index in [0.717, 1.165) is 22.2 Å². The van der Waals surface area contributed by atoms with Crippen molar-refractivity contribution in [3.05, 3.63) is 64.6 Å². The number of carbonyl (C=O) groups is 1. The molecule has 3 rings (SSSR count). The van der Waals surface area contributed by atoms with E-state index in [1.165, 1.54) is 7.11 Å². The summed E-state index contributed by atoms with van der Waals surface area (Å²) < 4.78 is 6.46. The maximum Gasteiger partial charge on any atom is 0.411 e. The molecule has 0 unspecified atom stereocenters. The van der Waals surface area contributed by atoms with Gasteiger partial charge in [-0.3, -0.25) is 10.1 Å². The SMILES string of the molecule is COC(=O)Nc1ccc2c(=O)n(CC(C)C)c(CN)c(-c3ccccc3)c2c1. The highest BCUT2D eigenvalue weighted by atomic mass is 16.5. The number of anilines is 1. The minimum atomic E-state index is -0.562. The average Bonchev–Trinajstić information content (AvgIpc) is 2.70. The predicted molar refractivity (Wildman–Crippen MR) is 112 cm³/mol. The van der Waals surface area contributed by atoms with E-state index in [9.17, 15) is 9.59 Å². The Labute approximate surface area is 163 Å². The van der Waals surface area contributed by atoms with Gasteiger partial charge in [-0.1, -0.05) is 44.2 Å². The van der Waals surface area contributed by atoms with Gasteiger partial charge in [0.15, 0.2) is 0 Å². The number of pyridine rings is 1. The Morgan fingerprint density at radius 1 is 1.14 bits per heavy atom. The highest BCUT2D eigenvalue weighted by Crippen LogP contribution is 2.32. The van der Waals surface area contributed by atoms with Crippen LogP contribution < -0.4 is 16.6 Å². The van der Waals surface area contributed by atoms with Crippen LogP contribution in [0.15, 0.2) is 53.3 Å². The largest absolute Gasteiger partial charge is 0.453 e. The molecule has 2 aromatic carbocycles. The molecule has 6 nitrogen and oxygen atoms in total. The zero-order valence-corrected chi connectivity index (χ0v) is 16.4. The Morgan fingerprint density at radius 2 is 1.86 bits per heavy atom. The summed E-state index contributed by atoms with van der Waals surface area (Å²) in [5.74, 6) is 0.296. The van der Waals surface area contributed by atoms with E-state index >= 15 is 0 Å². The van der Waals surface area contributed by atoms with Gasteiger partial charge in [0.2, 0.25) is 0 Å². The monoisotopic (exact) mass is 379 g/mol. The van der Waals surface area contributed by atoms with Crippen molar-refractivity contribution in [2.45, 2.75) is 26.9 Å². The van der Waals surface area contributed by atoms with Gasteiger partial charge in [0.25, 0.3) is 5.56 Å². The number of rotatable bonds is 5. The lowest BCUT2D eigenvalue weighted by Crippen LogP contribution is -2.28. The highest BCUT2D eigenvalue weighted by Gasteiger charge is 2.18. The maximum absolute atomic E-state index is 13.2. The number of methoxy groups -OCH3 is 1. The number of benzene rings is 2. The Hall–Kier alpha value is -3.12. The fourth-order valence-electron chi connectivity index (χ4n) is 3.44. The van der Waals surface area contributed by atoms with Gasteiger partial charge in [-0.15, -0.1) is 0 Å². The normalized spacial score (nSPS) is 11.0. The molecule has 0 aliphatic heterocycles. The van der Waals surface area contributed by atoms with Crippen molar-refractivity contribution in [1.82, 2.24) is 4.57 Å². The Kier molecular flexibility index (Phi) is 5.80. The standard InChI is InChI=1S/C22H25N3O3/c1-14(2)13-25-19(12-23)20(15-7-5-4-6-8-15)18-11-16(24-22(27)28-3)9-10-17(18)21(25)26/h4-11,14H,12-13,23H2,1-3H3,(H,24,27). The van der Waals surface area contributed by atoms with Gasteiger partial charge < -0.3 is 15.0 Å². The van der Waals surface area contributed by atoms with E-state index in [-0.39, 0.29) is 12.1 Å². The Morgan fingerprint density at radius 3 is 2.46 bits per heavy atom. The third-order valence-corrected chi connectivity index (χ3v) is 4.61. The molecule has 0 aliphatic carbocycles. The predicted octanol–water partition coefficient (Wildman–Crippen LogP) is 3.96. The zero-order chi connectivity index (χ0) is 20.3. The topological polar surface area (TPSA) is 86.3 Å². The maximum atomic E-state index is 13.2. The smallest absolute Gasteiger partial charge is 0.411 e. The van der Waals surface area contributed by atoms with Gasteiger partial charge in [-0.05, 0) is 35.1 Å². The second-order valence-electron chi connectivity index (χ2n) is 7.08. The number of ether oxygens (including phenoxy) is 1. The van der Waals surface area contributed by atoms with Gasteiger partial charge in [0.1, 0.15) is 0 Å². The van der Waals surface area contributed by atoms with E-state index in [4.69, 9.17) is 5.73 Å². The van der Waals surface area contributed by atoms with Crippen LogP contribution in [0.3, 0.4) is 0 Å². The van der Waals surface area contributed by atoms with E-state index in [1.54, 1.807) is 22.8 Å². The first kappa shape index (κ1) is 19.6. The van der Waals surface area contributed by atoms with Crippen LogP contribution in [0.1, 0.15) is 19.5 Å². The molecule has 1 amide bonds. The van der Waals surface area contributed by atoms with Crippen molar-refractivity contribution in [3.63, 3.8) is 0 Å². The van der Waals surface area contributed by atoms with Crippen LogP contribution >= 0.6 is 0 Å². The number of amides is 1. The summed E-state index contributed by atoms with van der Waals surface area (Å²) in [7, 11) is 1.31. The van der Waals surface area contributed by atoms with Crippen LogP contribution in [0.25, 0.3) is 21.9 Å². The van der Waals surface area contributed by atoms with Gasteiger partial charge in [0.05, 0.1) is 7.11 Å². The van der Waals surface area contributed by atoms with E-state index in [1.807, 2.05) is 30.3 Å². The summed E-state index contributed by atoms with van der Waals surface area (Å²) in [6.45, 7) is 4.96. The molecule has 0 aliphatic rings. The fourth-order valence-corrected chi connectivity index (χ4v) is 3.44. The quantitative estimate of drug-likeness (QED) is 0.702. The highest BCUT2D eigenvalue weighted by molar-refractivity contribution is 6.00. The summed E-state index contributed by atoms with van der Waals surface area (Å²) >= 11 is 0. The third kappa shape index (κ3) is 3.77.